The minimum absolute atomic E-state index is 0.246. The molecule has 0 radical (unpaired) electrons. The molecule has 0 atom stereocenters. The molecule has 0 bridgehead atoms. The summed E-state index contributed by atoms with van der Waals surface area (Å²) in [7, 11) is 0. The van der Waals surface area contributed by atoms with Crippen molar-refractivity contribution in [3.63, 3.8) is 0 Å². The number of aliphatic carboxylic acids is 1. The maximum Gasteiger partial charge on any atom is 0.490 e. The number of carbonyl (C=O) groups excluding carboxylic acids is 1. The highest BCUT2D eigenvalue weighted by molar-refractivity contribution is 6.30. The van der Waals surface area contributed by atoms with Gasteiger partial charge in [0.2, 0.25) is 0 Å². The van der Waals surface area contributed by atoms with Crippen molar-refractivity contribution in [3.05, 3.63) is 119 Å². The average Bonchev–Trinajstić information content (AvgIpc) is 3.62. The topological polar surface area (TPSA) is 110 Å². The molecule has 2 N–H and O–H groups in total. The fraction of sp³-hybridized carbons (Fsp3) is 0.133. The van der Waals surface area contributed by atoms with Gasteiger partial charge in [0.1, 0.15) is 17.0 Å². The molecule has 1 amide bonds. The van der Waals surface area contributed by atoms with E-state index in [-0.39, 0.29) is 5.91 Å². The molecule has 0 aliphatic heterocycles. The number of aryl methyl sites for hydroxylation is 1. The van der Waals surface area contributed by atoms with Gasteiger partial charge >= 0.3 is 12.1 Å². The summed E-state index contributed by atoms with van der Waals surface area (Å²) in [6.45, 7) is 2.87. The second kappa shape index (κ2) is 13.2. The standard InChI is InChI=1S/C28H23ClN4O2.C2HF3O2/c1-19-26(27(32-35-19)22-6-4-7-24(29)15-22)28(34)31-16-23-5-2-3-8-25(23)21-11-9-20(10-12-21)17-33-14-13-30-18-33;3-2(4,5)1(6)7/h2-15,18H,16-17H2,1H3,(H,31,34);(H,6,7). The highest BCUT2D eigenvalue weighted by Gasteiger charge is 2.38. The third-order valence-electron chi connectivity index (χ3n) is 6.08. The number of rotatable bonds is 7. The number of imidazole rings is 1. The zero-order valence-electron chi connectivity index (χ0n) is 22.1. The van der Waals surface area contributed by atoms with Gasteiger partial charge in [-0.05, 0) is 41.3 Å². The Hall–Kier alpha value is -4.90. The SMILES string of the molecule is Cc1onc(-c2cccc(Cl)c2)c1C(=O)NCc1ccccc1-c1ccc(Cn2ccnc2)cc1.O=C(O)C(F)(F)F. The quantitative estimate of drug-likeness (QED) is 0.214. The lowest BCUT2D eigenvalue weighted by Crippen LogP contribution is -2.24. The Balaban J connectivity index is 0.000000517. The van der Waals surface area contributed by atoms with E-state index < -0.39 is 12.1 Å². The lowest BCUT2D eigenvalue weighted by atomic mass is 9.98. The Morgan fingerprint density at radius 1 is 1.02 bits per heavy atom. The van der Waals surface area contributed by atoms with Gasteiger partial charge in [0.25, 0.3) is 5.91 Å². The lowest BCUT2D eigenvalue weighted by molar-refractivity contribution is -0.192. The van der Waals surface area contributed by atoms with Crippen LogP contribution in [0.4, 0.5) is 13.2 Å². The van der Waals surface area contributed by atoms with Crippen LogP contribution in [0, 0.1) is 6.92 Å². The monoisotopic (exact) mass is 596 g/mol. The zero-order valence-corrected chi connectivity index (χ0v) is 22.9. The average molecular weight is 597 g/mol. The van der Waals surface area contributed by atoms with E-state index in [0.717, 1.165) is 28.8 Å². The van der Waals surface area contributed by atoms with Crippen molar-refractivity contribution in [3.8, 4) is 22.4 Å². The molecule has 0 spiro atoms. The van der Waals surface area contributed by atoms with E-state index in [2.05, 4.69) is 45.8 Å². The second-order valence-corrected chi connectivity index (χ2v) is 9.48. The van der Waals surface area contributed by atoms with Crippen LogP contribution in [-0.4, -0.2) is 37.9 Å². The first-order valence-corrected chi connectivity index (χ1v) is 12.8. The molecule has 0 saturated heterocycles. The van der Waals surface area contributed by atoms with E-state index >= 15 is 0 Å². The molecule has 8 nitrogen and oxygen atoms in total. The number of nitrogens with one attached hydrogen (secondary N) is 1. The Labute approximate surface area is 243 Å². The number of amides is 1. The number of hydrogen-bond acceptors (Lipinski definition) is 5. The van der Waals surface area contributed by atoms with Crippen LogP contribution < -0.4 is 5.32 Å². The van der Waals surface area contributed by atoms with Crippen molar-refractivity contribution in [1.29, 1.82) is 0 Å². The van der Waals surface area contributed by atoms with E-state index in [1.54, 1.807) is 31.6 Å². The summed E-state index contributed by atoms with van der Waals surface area (Å²) < 4.78 is 39.1. The maximum absolute atomic E-state index is 13.2. The first-order chi connectivity index (χ1) is 20.0. The van der Waals surface area contributed by atoms with Gasteiger partial charge in [0.05, 0.1) is 6.33 Å². The van der Waals surface area contributed by atoms with Gasteiger partial charge < -0.3 is 19.5 Å². The molecule has 12 heteroatoms. The minimum Gasteiger partial charge on any atom is -0.475 e. The third kappa shape index (κ3) is 7.64. The third-order valence-corrected chi connectivity index (χ3v) is 6.31. The summed E-state index contributed by atoms with van der Waals surface area (Å²) in [6, 6.07) is 23.7. The van der Waals surface area contributed by atoms with Crippen molar-refractivity contribution < 1.29 is 32.4 Å². The zero-order chi connectivity index (χ0) is 30.3. The molecule has 2 aromatic heterocycles. The molecule has 3 aromatic carbocycles. The van der Waals surface area contributed by atoms with Crippen molar-refractivity contribution in [1.82, 2.24) is 20.0 Å². The molecule has 2 heterocycles. The van der Waals surface area contributed by atoms with Gasteiger partial charge in [0, 0.05) is 36.1 Å². The van der Waals surface area contributed by atoms with Gasteiger partial charge in [-0.3, -0.25) is 4.79 Å². The largest absolute Gasteiger partial charge is 0.490 e. The summed E-state index contributed by atoms with van der Waals surface area (Å²) in [5.41, 5.74) is 5.98. The predicted molar refractivity (Wildman–Crippen MR) is 150 cm³/mol. The number of carboxylic acids is 1. The first kappa shape index (κ1) is 30.1. The van der Waals surface area contributed by atoms with Crippen LogP contribution in [-0.2, 0) is 17.9 Å². The molecule has 0 saturated carbocycles. The Kier molecular flexibility index (Phi) is 9.43. The molecule has 5 rings (SSSR count). The van der Waals surface area contributed by atoms with Gasteiger partial charge in [-0.25, -0.2) is 9.78 Å². The number of aromatic nitrogens is 3. The van der Waals surface area contributed by atoms with Gasteiger partial charge in [-0.15, -0.1) is 0 Å². The Bertz CT molecular complexity index is 1670. The molecule has 5 aromatic rings. The maximum atomic E-state index is 13.2. The number of alkyl halides is 3. The number of carbonyl (C=O) groups is 2. The molecule has 0 fully saturated rings. The fourth-order valence-electron chi connectivity index (χ4n) is 4.07. The summed E-state index contributed by atoms with van der Waals surface area (Å²) >= 11 is 6.13. The van der Waals surface area contributed by atoms with Crippen LogP contribution in [0.25, 0.3) is 22.4 Å². The van der Waals surface area contributed by atoms with Crippen LogP contribution in [0.3, 0.4) is 0 Å². The van der Waals surface area contributed by atoms with E-state index in [1.807, 2.05) is 41.1 Å². The lowest BCUT2D eigenvalue weighted by Gasteiger charge is -2.12. The van der Waals surface area contributed by atoms with Gasteiger partial charge in [-0.2, -0.15) is 13.2 Å². The minimum atomic E-state index is -5.08. The molecule has 0 unspecified atom stereocenters. The molecule has 216 valence electrons. The molecule has 0 aliphatic carbocycles. The number of nitrogens with zero attached hydrogens (tertiary/aromatic N) is 3. The van der Waals surface area contributed by atoms with E-state index in [0.29, 0.717) is 28.6 Å². The molecule has 42 heavy (non-hydrogen) atoms. The number of hydrogen-bond donors (Lipinski definition) is 2. The van der Waals surface area contributed by atoms with Crippen molar-refractivity contribution in [2.24, 2.45) is 0 Å². The van der Waals surface area contributed by atoms with E-state index in [4.69, 9.17) is 26.0 Å². The number of carboxylic acid groups (broad SMARTS) is 1. The van der Waals surface area contributed by atoms with Crippen molar-refractivity contribution >= 4 is 23.5 Å². The highest BCUT2D eigenvalue weighted by Crippen LogP contribution is 2.28. The molecular formula is C30H24ClF3N4O4. The van der Waals surface area contributed by atoms with Gasteiger partial charge in [-0.1, -0.05) is 77.4 Å². The Morgan fingerprint density at radius 2 is 1.74 bits per heavy atom. The number of halogens is 4. The van der Waals surface area contributed by atoms with Crippen LogP contribution in [0.5, 0.6) is 0 Å². The first-order valence-electron chi connectivity index (χ1n) is 12.5. The predicted octanol–water partition coefficient (Wildman–Crippen LogP) is 6.78. The summed E-state index contributed by atoms with van der Waals surface area (Å²) in [6.07, 6.45) is 0.444. The van der Waals surface area contributed by atoms with Crippen molar-refractivity contribution in [2.75, 3.05) is 0 Å². The van der Waals surface area contributed by atoms with Crippen LogP contribution in [0.2, 0.25) is 5.02 Å². The highest BCUT2D eigenvalue weighted by atomic mass is 35.5. The van der Waals surface area contributed by atoms with E-state index in [9.17, 15) is 18.0 Å². The van der Waals surface area contributed by atoms with Crippen LogP contribution >= 0.6 is 11.6 Å². The van der Waals surface area contributed by atoms with Crippen molar-refractivity contribution in [2.45, 2.75) is 26.2 Å². The number of benzene rings is 3. The Morgan fingerprint density at radius 3 is 2.38 bits per heavy atom. The summed E-state index contributed by atoms with van der Waals surface area (Å²) in [5, 5.41) is 14.8. The summed E-state index contributed by atoms with van der Waals surface area (Å²) in [5.74, 6) is -2.55. The normalized spacial score (nSPS) is 11.0. The second-order valence-electron chi connectivity index (χ2n) is 9.05. The summed E-state index contributed by atoms with van der Waals surface area (Å²) in [4.78, 5) is 26.2. The van der Waals surface area contributed by atoms with Crippen LogP contribution in [0.1, 0.15) is 27.2 Å². The van der Waals surface area contributed by atoms with Crippen LogP contribution in [0.15, 0.2) is 96.0 Å². The molecule has 0 aliphatic rings. The smallest absolute Gasteiger partial charge is 0.475 e. The molecular weight excluding hydrogens is 573 g/mol. The van der Waals surface area contributed by atoms with E-state index in [1.165, 1.54) is 5.56 Å². The fourth-order valence-corrected chi connectivity index (χ4v) is 4.26. The van der Waals surface area contributed by atoms with Gasteiger partial charge in [0.15, 0.2) is 0 Å².